The van der Waals surface area contributed by atoms with E-state index in [0.717, 1.165) is 6.44 Å². The summed E-state index contributed by atoms with van der Waals surface area (Å²) in [5, 5.41) is 0. The molecule has 0 spiro atoms. The molecule has 0 unspecified atom stereocenters. The Hall–Kier alpha value is 1.11. The van der Waals surface area contributed by atoms with E-state index in [2.05, 4.69) is 0 Å². The van der Waals surface area contributed by atoms with Gasteiger partial charge in [-0.1, -0.05) is 0 Å². The molecule has 0 aliphatic carbocycles. The lowest BCUT2D eigenvalue weighted by Crippen LogP contribution is -2.29. The fraction of sp³-hybridized carbons (Fsp3) is 1.00. The lowest BCUT2D eigenvalue weighted by molar-refractivity contribution is 0.635. The Morgan fingerprint density at radius 2 is 2.12 bits per heavy atom. The Balaban J connectivity index is 3.17. The molecule has 0 fully saturated rings. The molecule has 0 atom stereocenters. The quantitative estimate of drug-likeness (QED) is 0.467. The lowest BCUT2D eigenvalue weighted by atomic mass is 10.1. The maximum absolute atomic E-state index is 5.58. The van der Waals surface area contributed by atoms with Gasteiger partial charge in [0.15, 0.2) is 0 Å². The Bertz CT molecular complexity index is 63.2. The maximum atomic E-state index is 5.58. The Labute approximate surface area is 66.1 Å². The number of hydrogen-bond donors (Lipinski definition) is 0. The SMILES string of the molecule is CN(CBCl)[SiH](Cl)Cl. The van der Waals surface area contributed by atoms with Gasteiger partial charge in [0.2, 0.25) is 6.69 Å². The third kappa shape index (κ3) is 4.04. The van der Waals surface area contributed by atoms with Gasteiger partial charge in [0.05, 0.1) is 0 Å². The summed E-state index contributed by atoms with van der Waals surface area (Å²) in [4.78, 5) is 0. The second-order valence-electron chi connectivity index (χ2n) is 1.45. The largest absolute Gasteiger partial charge is 0.311 e. The first-order chi connectivity index (χ1) is 3.68. The van der Waals surface area contributed by atoms with Crippen molar-refractivity contribution in [2.45, 2.75) is 0 Å². The summed E-state index contributed by atoms with van der Waals surface area (Å²) in [5.41, 5.74) is 0. The van der Waals surface area contributed by atoms with Gasteiger partial charge in [0.1, 0.15) is 0 Å². The summed E-state index contributed by atoms with van der Waals surface area (Å²) in [5.74, 6) is 0. The molecule has 0 aromatic heterocycles. The van der Waals surface area contributed by atoms with Gasteiger partial charge < -0.3 is 4.57 Å². The molecular formula is C2H7BCl3NSi. The first kappa shape index (κ1) is 9.11. The second kappa shape index (κ2) is 4.94. The van der Waals surface area contributed by atoms with Gasteiger partial charge in [-0.2, -0.15) is 11.5 Å². The first-order valence-corrected chi connectivity index (χ1v) is 6.77. The zero-order valence-corrected chi connectivity index (χ0v) is 8.00. The summed E-state index contributed by atoms with van der Waals surface area (Å²) < 4.78 is 1.89. The topological polar surface area (TPSA) is 3.24 Å². The van der Waals surface area contributed by atoms with Crippen LogP contribution in [0, 0.1) is 0 Å². The molecule has 0 heterocycles. The van der Waals surface area contributed by atoms with Crippen LogP contribution in [0.5, 0.6) is 0 Å². The van der Waals surface area contributed by atoms with E-state index in [-0.39, 0.29) is 0 Å². The molecule has 6 heteroatoms. The highest BCUT2D eigenvalue weighted by Crippen LogP contribution is 1.99. The number of halogens is 3. The Morgan fingerprint density at radius 1 is 1.62 bits per heavy atom. The third-order valence-corrected chi connectivity index (χ3v) is 3.86. The lowest BCUT2D eigenvalue weighted by Gasteiger charge is -2.12. The molecule has 0 aromatic carbocycles. The molecule has 0 aliphatic heterocycles. The standard InChI is InChI=1S/C2H7BCl3NSi/c1-7(2-3-4)8(5)6/h3,8H,2H2,1H3. The summed E-state index contributed by atoms with van der Waals surface area (Å²) in [6.07, 6.45) is 0.783. The summed E-state index contributed by atoms with van der Waals surface area (Å²) >= 11 is 16.6. The predicted molar refractivity (Wildman–Crippen MR) is 44.5 cm³/mol. The molecule has 0 aliphatic rings. The molecule has 0 N–H and O–H groups in total. The van der Waals surface area contributed by atoms with Gasteiger partial charge in [-0.25, -0.2) is 0 Å². The maximum Gasteiger partial charge on any atom is 0.308 e. The highest BCUT2D eigenvalue weighted by molar-refractivity contribution is 7.32. The van der Waals surface area contributed by atoms with Crippen LogP contribution in [0.2, 0.25) is 0 Å². The van der Waals surface area contributed by atoms with Gasteiger partial charge in [-0.3, -0.25) is 0 Å². The highest BCUT2D eigenvalue weighted by Gasteiger charge is 2.07. The minimum atomic E-state index is -1.59. The van der Waals surface area contributed by atoms with Crippen LogP contribution in [0.1, 0.15) is 0 Å². The van der Waals surface area contributed by atoms with Crippen molar-refractivity contribution < 1.29 is 0 Å². The smallest absolute Gasteiger partial charge is 0.308 e. The van der Waals surface area contributed by atoms with Gasteiger partial charge in [-0.15, -0.1) is 22.2 Å². The summed E-state index contributed by atoms with van der Waals surface area (Å²) in [6.45, 7) is 0.597. The van der Waals surface area contributed by atoms with Gasteiger partial charge in [0, 0.05) is 0 Å². The molecule has 0 amide bonds. The van der Waals surface area contributed by atoms with E-state index in [4.69, 9.17) is 33.6 Å². The van der Waals surface area contributed by atoms with E-state index in [1.165, 1.54) is 0 Å². The highest BCUT2D eigenvalue weighted by atomic mass is 35.7. The fourth-order valence-corrected chi connectivity index (χ4v) is 1.57. The molecule has 48 valence electrons. The predicted octanol–water partition coefficient (Wildman–Crippen LogP) is 0.661. The van der Waals surface area contributed by atoms with E-state index >= 15 is 0 Å². The average molecular weight is 190 g/mol. The first-order valence-electron chi connectivity index (χ1n) is 2.23. The Morgan fingerprint density at radius 3 is 2.25 bits per heavy atom. The molecule has 0 aromatic rings. The van der Waals surface area contributed by atoms with Crippen molar-refractivity contribution in [2.24, 2.45) is 0 Å². The second-order valence-corrected chi connectivity index (χ2v) is 6.41. The van der Waals surface area contributed by atoms with Crippen molar-refractivity contribution in [1.29, 1.82) is 0 Å². The van der Waals surface area contributed by atoms with Crippen LogP contribution in [0.25, 0.3) is 0 Å². The molecule has 0 radical (unpaired) electrons. The van der Waals surface area contributed by atoms with Crippen LogP contribution in [-0.2, 0) is 0 Å². The van der Waals surface area contributed by atoms with Crippen LogP contribution in [0.3, 0.4) is 0 Å². The normalized spacial score (nSPS) is 10.8. The molecule has 0 rings (SSSR count). The molecule has 0 bridgehead atoms. The van der Waals surface area contributed by atoms with Crippen LogP contribution >= 0.6 is 33.6 Å². The van der Waals surface area contributed by atoms with Crippen molar-refractivity contribution >= 4 is 47.9 Å². The van der Waals surface area contributed by atoms with Gasteiger partial charge in [0.25, 0.3) is 0 Å². The van der Waals surface area contributed by atoms with Crippen molar-refractivity contribution in [3.8, 4) is 0 Å². The van der Waals surface area contributed by atoms with E-state index < -0.39 is 7.58 Å². The zero-order valence-electron chi connectivity index (χ0n) is 4.57. The van der Waals surface area contributed by atoms with E-state index in [0.29, 0.717) is 6.69 Å². The molecule has 0 saturated heterocycles. The van der Waals surface area contributed by atoms with Crippen molar-refractivity contribution in [2.75, 3.05) is 13.5 Å². The van der Waals surface area contributed by atoms with E-state index in [9.17, 15) is 0 Å². The number of hydrogen-bond acceptors (Lipinski definition) is 1. The molecule has 8 heavy (non-hydrogen) atoms. The average Bonchev–Trinajstić information content (AvgIpc) is 1.67. The zero-order chi connectivity index (χ0) is 6.57. The van der Waals surface area contributed by atoms with Gasteiger partial charge in [-0.05, 0) is 13.5 Å². The molecule has 1 nitrogen and oxygen atoms in total. The van der Waals surface area contributed by atoms with Crippen LogP contribution in [0.15, 0.2) is 0 Å². The minimum Gasteiger partial charge on any atom is -0.311 e. The monoisotopic (exact) mass is 189 g/mol. The summed E-state index contributed by atoms with van der Waals surface area (Å²) in [7, 11) is 0.285. The van der Waals surface area contributed by atoms with Crippen molar-refractivity contribution in [3.05, 3.63) is 0 Å². The van der Waals surface area contributed by atoms with E-state index in [1.54, 1.807) is 0 Å². The summed E-state index contributed by atoms with van der Waals surface area (Å²) in [6, 6.07) is 0. The Kier molecular flexibility index (Phi) is 5.63. The number of rotatable bonds is 3. The van der Waals surface area contributed by atoms with Crippen molar-refractivity contribution in [3.63, 3.8) is 0 Å². The fourth-order valence-electron chi connectivity index (χ4n) is 0.231. The molecular weight excluding hydrogens is 183 g/mol. The van der Waals surface area contributed by atoms with Gasteiger partial charge >= 0.3 is 7.58 Å². The molecule has 0 saturated carbocycles. The van der Waals surface area contributed by atoms with Crippen molar-refractivity contribution in [1.82, 2.24) is 4.57 Å². The van der Waals surface area contributed by atoms with Crippen LogP contribution < -0.4 is 0 Å². The number of nitrogens with zero attached hydrogens (tertiary/aromatic N) is 1. The third-order valence-electron chi connectivity index (χ3n) is 0.770. The van der Waals surface area contributed by atoms with Crippen LogP contribution in [0.4, 0.5) is 0 Å². The van der Waals surface area contributed by atoms with E-state index in [1.807, 2.05) is 11.6 Å². The minimum absolute atomic E-state index is 0.597. The van der Waals surface area contributed by atoms with Crippen LogP contribution in [-0.4, -0.2) is 32.3 Å².